The predicted molar refractivity (Wildman–Crippen MR) is 86.7 cm³/mol. The van der Waals surface area contributed by atoms with Crippen LogP contribution in [0.1, 0.15) is 61.9 Å². The van der Waals surface area contributed by atoms with Gasteiger partial charge in [0, 0.05) is 12.7 Å². The molecule has 0 aliphatic heterocycles. The van der Waals surface area contributed by atoms with Gasteiger partial charge in [-0.05, 0) is 42.7 Å². The quantitative estimate of drug-likeness (QED) is 0.711. The minimum absolute atomic E-state index is 0.162. The van der Waals surface area contributed by atoms with Gasteiger partial charge in [0.2, 0.25) is 0 Å². The number of ether oxygens (including phenoxy) is 1. The maximum atomic E-state index is 12.8. The van der Waals surface area contributed by atoms with E-state index in [4.69, 9.17) is 4.74 Å². The second-order valence-electron chi connectivity index (χ2n) is 6.72. The minimum atomic E-state index is -0.264. The van der Waals surface area contributed by atoms with Gasteiger partial charge < -0.3 is 4.74 Å². The summed E-state index contributed by atoms with van der Waals surface area (Å²) in [6.07, 6.45) is 6.75. The van der Waals surface area contributed by atoms with Crippen LogP contribution in [-0.4, -0.2) is 19.0 Å². The maximum Gasteiger partial charge on any atom is 0.191 e. The van der Waals surface area contributed by atoms with E-state index in [0.29, 0.717) is 11.8 Å². The van der Waals surface area contributed by atoms with Gasteiger partial charge in [0.1, 0.15) is 6.10 Å². The molecule has 0 radical (unpaired) electrons. The molecule has 0 aromatic heterocycles. The Labute approximate surface area is 128 Å². The van der Waals surface area contributed by atoms with E-state index >= 15 is 0 Å². The number of rotatable bonds is 6. The molecule has 116 valence electrons. The van der Waals surface area contributed by atoms with Gasteiger partial charge in [-0.1, -0.05) is 51.3 Å². The molecule has 0 saturated heterocycles. The van der Waals surface area contributed by atoms with Gasteiger partial charge in [-0.25, -0.2) is 0 Å². The molecule has 1 fully saturated rings. The van der Waals surface area contributed by atoms with Crippen LogP contribution in [0.25, 0.3) is 0 Å². The van der Waals surface area contributed by atoms with Crippen LogP contribution in [0.15, 0.2) is 24.3 Å². The smallest absolute Gasteiger partial charge is 0.191 e. The average Bonchev–Trinajstić information content (AvgIpc) is 2.48. The summed E-state index contributed by atoms with van der Waals surface area (Å²) in [6, 6.07) is 8.09. The van der Waals surface area contributed by atoms with E-state index in [1.807, 2.05) is 12.1 Å². The van der Waals surface area contributed by atoms with Crippen LogP contribution >= 0.6 is 0 Å². The number of hydrogen-bond acceptors (Lipinski definition) is 2. The Hall–Kier alpha value is -1.15. The second-order valence-corrected chi connectivity index (χ2v) is 6.72. The molecule has 1 aromatic rings. The van der Waals surface area contributed by atoms with Crippen molar-refractivity contribution in [3.05, 3.63) is 35.4 Å². The second kappa shape index (κ2) is 7.74. The summed E-state index contributed by atoms with van der Waals surface area (Å²) in [5.41, 5.74) is 2.06. The standard InChI is InChI=1S/C19H28O2/c1-14(2)12-15-8-7-11-17(13-15)18(20)19(21-3)16-9-5-4-6-10-16/h7-8,11,13-14,16,19H,4-6,9-10,12H2,1-3H3. The molecule has 0 heterocycles. The summed E-state index contributed by atoms with van der Waals surface area (Å²) in [5, 5.41) is 0. The van der Waals surface area contributed by atoms with E-state index in [-0.39, 0.29) is 11.9 Å². The largest absolute Gasteiger partial charge is 0.373 e. The van der Waals surface area contributed by atoms with Crippen LogP contribution in [0.4, 0.5) is 0 Å². The topological polar surface area (TPSA) is 26.3 Å². The summed E-state index contributed by atoms with van der Waals surface area (Å²) in [7, 11) is 1.68. The summed E-state index contributed by atoms with van der Waals surface area (Å²) in [4.78, 5) is 12.8. The first-order valence-corrected chi connectivity index (χ1v) is 8.27. The van der Waals surface area contributed by atoms with Crippen LogP contribution in [0.3, 0.4) is 0 Å². The molecular weight excluding hydrogens is 260 g/mol. The molecule has 2 rings (SSSR count). The van der Waals surface area contributed by atoms with Gasteiger partial charge in [0.25, 0.3) is 0 Å². The molecule has 0 spiro atoms. The fourth-order valence-electron chi connectivity index (χ4n) is 3.44. The third-order valence-corrected chi connectivity index (χ3v) is 4.45. The van der Waals surface area contributed by atoms with Crippen molar-refractivity contribution in [1.29, 1.82) is 0 Å². The Bertz CT molecular complexity index is 458. The molecule has 1 atom stereocenters. The molecule has 0 N–H and O–H groups in total. The highest BCUT2D eigenvalue weighted by Gasteiger charge is 2.30. The SMILES string of the molecule is COC(C(=O)c1cccc(CC(C)C)c1)C1CCCCC1. The number of hydrogen-bond donors (Lipinski definition) is 0. The van der Waals surface area contributed by atoms with E-state index in [9.17, 15) is 4.79 Å². The molecular formula is C19H28O2. The maximum absolute atomic E-state index is 12.8. The average molecular weight is 288 g/mol. The Morgan fingerprint density at radius 2 is 1.95 bits per heavy atom. The normalized spacial score (nSPS) is 17.9. The molecule has 2 heteroatoms. The highest BCUT2D eigenvalue weighted by Crippen LogP contribution is 2.29. The first-order valence-electron chi connectivity index (χ1n) is 8.27. The van der Waals surface area contributed by atoms with Crippen molar-refractivity contribution in [3.63, 3.8) is 0 Å². The van der Waals surface area contributed by atoms with Gasteiger partial charge in [0.15, 0.2) is 5.78 Å². The minimum Gasteiger partial charge on any atom is -0.373 e. The van der Waals surface area contributed by atoms with E-state index in [0.717, 1.165) is 24.8 Å². The number of ketones is 1. The zero-order chi connectivity index (χ0) is 15.2. The van der Waals surface area contributed by atoms with Crippen molar-refractivity contribution in [2.45, 2.75) is 58.5 Å². The molecule has 0 bridgehead atoms. The zero-order valence-electron chi connectivity index (χ0n) is 13.6. The van der Waals surface area contributed by atoms with Crippen molar-refractivity contribution < 1.29 is 9.53 Å². The molecule has 2 nitrogen and oxygen atoms in total. The Balaban J connectivity index is 2.13. The third-order valence-electron chi connectivity index (χ3n) is 4.45. The van der Waals surface area contributed by atoms with Gasteiger partial charge >= 0.3 is 0 Å². The zero-order valence-corrected chi connectivity index (χ0v) is 13.6. The van der Waals surface area contributed by atoms with E-state index in [2.05, 4.69) is 26.0 Å². The molecule has 0 amide bonds. The van der Waals surface area contributed by atoms with Crippen LogP contribution < -0.4 is 0 Å². The summed E-state index contributed by atoms with van der Waals surface area (Å²) in [5.74, 6) is 1.16. The van der Waals surface area contributed by atoms with Crippen molar-refractivity contribution in [2.75, 3.05) is 7.11 Å². The Morgan fingerprint density at radius 1 is 1.24 bits per heavy atom. The number of carbonyl (C=O) groups excluding carboxylic acids is 1. The number of methoxy groups -OCH3 is 1. The van der Waals surface area contributed by atoms with Crippen molar-refractivity contribution in [1.82, 2.24) is 0 Å². The van der Waals surface area contributed by atoms with Crippen LogP contribution in [0.2, 0.25) is 0 Å². The van der Waals surface area contributed by atoms with Gasteiger partial charge in [-0.3, -0.25) is 4.79 Å². The lowest BCUT2D eigenvalue weighted by Crippen LogP contribution is -2.33. The highest BCUT2D eigenvalue weighted by molar-refractivity contribution is 5.99. The molecule has 1 aromatic carbocycles. The lowest BCUT2D eigenvalue weighted by molar-refractivity contribution is 0.0314. The van der Waals surface area contributed by atoms with Gasteiger partial charge in [-0.2, -0.15) is 0 Å². The molecule has 21 heavy (non-hydrogen) atoms. The summed E-state index contributed by atoms with van der Waals surface area (Å²) in [6.45, 7) is 4.41. The monoisotopic (exact) mass is 288 g/mol. The number of carbonyl (C=O) groups is 1. The Morgan fingerprint density at radius 3 is 2.57 bits per heavy atom. The first kappa shape index (κ1) is 16.2. The van der Waals surface area contributed by atoms with Crippen LogP contribution in [0.5, 0.6) is 0 Å². The number of Topliss-reactive ketones (excluding diaryl/α,β-unsaturated/α-hetero) is 1. The summed E-state index contributed by atoms with van der Waals surface area (Å²) >= 11 is 0. The van der Waals surface area contributed by atoms with Crippen molar-refractivity contribution >= 4 is 5.78 Å². The third kappa shape index (κ3) is 4.41. The first-order chi connectivity index (χ1) is 10.1. The lowest BCUT2D eigenvalue weighted by atomic mass is 9.82. The Kier molecular flexibility index (Phi) is 5.98. The van der Waals surface area contributed by atoms with Crippen LogP contribution in [0, 0.1) is 11.8 Å². The molecule has 1 aliphatic carbocycles. The summed E-state index contributed by atoms with van der Waals surface area (Å²) < 4.78 is 5.58. The fourth-order valence-corrected chi connectivity index (χ4v) is 3.44. The number of benzene rings is 1. The van der Waals surface area contributed by atoms with Crippen LogP contribution in [-0.2, 0) is 11.2 Å². The lowest BCUT2D eigenvalue weighted by Gasteiger charge is -2.28. The van der Waals surface area contributed by atoms with Crippen molar-refractivity contribution in [3.8, 4) is 0 Å². The molecule has 1 unspecified atom stereocenters. The molecule has 1 aliphatic rings. The highest BCUT2D eigenvalue weighted by atomic mass is 16.5. The van der Waals surface area contributed by atoms with Gasteiger partial charge in [-0.15, -0.1) is 0 Å². The van der Waals surface area contributed by atoms with Gasteiger partial charge in [0.05, 0.1) is 0 Å². The molecule has 1 saturated carbocycles. The fraction of sp³-hybridized carbons (Fsp3) is 0.632. The van der Waals surface area contributed by atoms with E-state index in [1.54, 1.807) is 7.11 Å². The van der Waals surface area contributed by atoms with Crippen molar-refractivity contribution in [2.24, 2.45) is 11.8 Å². The predicted octanol–water partition coefficient (Wildman–Crippen LogP) is 4.66. The van der Waals surface area contributed by atoms with E-state index < -0.39 is 0 Å². The van der Waals surface area contributed by atoms with E-state index in [1.165, 1.54) is 24.8 Å².